The van der Waals surface area contributed by atoms with Gasteiger partial charge < -0.3 is 5.73 Å². The molecule has 3 unspecified atom stereocenters. The van der Waals surface area contributed by atoms with Crippen LogP contribution in [0.4, 0.5) is 0 Å². The molecule has 0 saturated carbocycles. The molecule has 0 aliphatic carbocycles. The Hall–Kier alpha value is -0.560. The van der Waals surface area contributed by atoms with Crippen molar-refractivity contribution in [2.24, 2.45) is 17.6 Å². The predicted octanol–water partition coefficient (Wildman–Crippen LogP) is 4.93. The molecule has 0 rings (SSSR count). The summed E-state index contributed by atoms with van der Waals surface area (Å²) in [6, 6.07) is 0.295. The summed E-state index contributed by atoms with van der Waals surface area (Å²) in [5.74, 6) is 1.26. The Morgan fingerprint density at radius 3 is 2.29 bits per heavy atom. The highest BCUT2D eigenvalue weighted by molar-refractivity contribution is 4.86. The number of allylic oxidation sites excluding steroid dienone is 3. The van der Waals surface area contributed by atoms with E-state index < -0.39 is 0 Å². The zero-order valence-electron chi connectivity index (χ0n) is 11.3. The van der Waals surface area contributed by atoms with Crippen LogP contribution in [0.1, 0.15) is 60.3 Å². The van der Waals surface area contributed by atoms with Crippen molar-refractivity contribution in [3.63, 3.8) is 0 Å². The Balaban J connectivity index is 0. The van der Waals surface area contributed by atoms with Crippen molar-refractivity contribution in [1.29, 1.82) is 0 Å². The van der Waals surface area contributed by atoms with Crippen molar-refractivity contribution in [3.05, 3.63) is 24.8 Å². The molecular formula is C16H33N. The smallest absolute Gasteiger partial charge is 0.00390 e. The van der Waals surface area contributed by atoms with Gasteiger partial charge >= 0.3 is 0 Å². The van der Waals surface area contributed by atoms with Gasteiger partial charge in [0.05, 0.1) is 0 Å². The molecule has 0 spiro atoms. The fourth-order valence-electron chi connectivity index (χ4n) is 2.01. The van der Waals surface area contributed by atoms with E-state index in [-0.39, 0.29) is 7.43 Å². The second-order valence-corrected chi connectivity index (χ2v) is 4.72. The number of rotatable bonds is 9. The lowest BCUT2D eigenvalue weighted by Crippen LogP contribution is -2.28. The lowest BCUT2D eigenvalue weighted by Gasteiger charge is -2.23. The van der Waals surface area contributed by atoms with Crippen LogP contribution in [-0.2, 0) is 0 Å². The van der Waals surface area contributed by atoms with Crippen LogP contribution in [0.25, 0.3) is 0 Å². The normalized spacial score (nSPS) is 16.2. The molecular weight excluding hydrogens is 206 g/mol. The van der Waals surface area contributed by atoms with Crippen LogP contribution in [0.2, 0.25) is 0 Å². The van der Waals surface area contributed by atoms with E-state index in [1.165, 1.54) is 19.3 Å². The van der Waals surface area contributed by atoms with Crippen molar-refractivity contribution in [2.75, 3.05) is 0 Å². The van der Waals surface area contributed by atoms with E-state index in [9.17, 15) is 0 Å². The van der Waals surface area contributed by atoms with E-state index in [2.05, 4.69) is 45.6 Å². The largest absolute Gasteiger partial charge is 0.328 e. The molecule has 17 heavy (non-hydrogen) atoms. The molecule has 3 atom stereocenters. The average Bonchev–Trinajstić information content (AvgIpc) is 2.28. The van der Waals surface area contributed by atoms with Gasteiger partial charge in [0, 0.05) is 6.04 Å². The van der Waals surface area contributed by atoms with Crippen LogP contribution in [-0.4, -0.2) is 6.04 Å². The molecule has 102 valence electrons. The quantitative estimate of drug-likeness (QED) is 0.567. The van der Waals surface area contributed by atoms with Gasteiger partial charge in [-0.2, -0.15) is 0 Å². The Bertz CT molecular complexity index is 194. The monoisotopic (exact) mass is 239 g/mol. The lowest BCUT2D eigenvalue weighted by molar-refractivity contribution is 0.342. The first-order valence-corrected chi connectivity index (χ1v) is 6.68. The van der Waals surface area contributed by atoms with Gasteiger partial charge in [0.1, 0.15) is 0 Å². The van der Waals surface area contributed by atoms with Gasteiger partial charge in [0.25, 0.3) is 0 Å². The van der Waals surface area contributed by atoms with E-state index in [0.717, 1.165) is 12.8 Å². The molecule has 0 aromatic carbocycles. The van der Waals surface area contributed by atoms with Crippen molar-refractivity contribution >= 4 is 0 Å². The van der Waals surface area contributed by atoms with Crippen molar-refractivity contribution in [2.45, 2.75) is 66.3 Å². The van der Waals surface area contributed by atoms with E-state index in [0.29, 0.717) is 17.9 Å². The molecule has 0 aliphatic heterocycles. The van der Waals surface area contributed by atoms with Crippen molar-refractivity contribution in [3.8, 4) is 0 Å². The molecule has 0 radical (unpaired) electrons. The third-order valence-corrected chi connectivity index (χ3v) is 3.31. The summed E-state index contributed by atoms with van der Waals surface area (Å²) >= 11 is 0. The molecule has 1 heteroatoms. The second kappa shape index (κ2) is 11.9. The zero-order chi connectivity index (χ0) is 12.4. The SMILES string of the molecule is C.C=CC(CC)CC(CC/C=C\CC)C(C)N. The Kier molecular flexibility index (Phi) is 13.2. The van der Waals surface area contributed by atoms with Gasteiger partial charge in [-0.3, -0.25) is 0 Å². The minimum absolute atomic E-state index is 0. The zero-order valence-corrected chi connectivity index (χ0v) is 11.3. The first-order chi connectivity index (χ1) is 7.65. The van der Waals surface area contributed by atoms with Crippen LogP contribution < -0.4 is 5.73 Å². The maximum absolute atomic E-state index is 6.05. The lowest BCUT2D eigenvalue weighted by atomic mass is 9.85. The number of nitrogens with two attached hydrogens (primary N) is 1. The summed E-state index contributed by atoms with van der Waals surface area (Å²) in [4.78, 5) is 0. The standard InChI is InChI=1S/C15H29N.CH4/c1-5-8-9-10-11-15(13(4)16)12-14(6-2)7-3;/h6,8-9,13-15H,2,5,7,10-12,16H2,1,3-4H3;1H4/b9-8-;. The Morgan fingerprint density at radius 2 is 1.88 bits per heavy atom. The van der Waals surface area contributed by atoms with E-state index in [1.807, 2.05) is 0 Å². The van der Waals surface area contributed by atoms with Crippen LogP contribution >= 0.6 is 0 Å². The molecule has 0 amide bonds. The van der Waals surface area contributed by atoms with Gasteiger partial charge in [-0.15, -0.1) is 6.58 Å². The summed E-state index contributed by atoms with van der Waals surface area (Å²) in [6.07, 6.45) is 12.5. The number of hydrogen-bond acceptors (Lipinski definition) is 1. The summed E-state index contributed by atoms with van der Waals surface area (Å²) < 4.78 is 0. The van der Waals surface area contributed by atoms with Crippen molar-refractivity contribution in [1.82, 2.24) is 0 Å². The minimum atomic E-state index is 0. The second-order valence-electron chi connectivity index (χ2n) is 4.72. The summed E-state index contributed by atoms with van der Waals surface area (Å²) in [6.45, 7) is 10.4. The van der Waals surface area contributed by atoms with E-state index in [4.69, 9.17) is 5.73 Å². The van der Waals surface area contributed by atoms with E-state index in [1.54, 1.807) is 0 Å². The maximum atomic E-state index is 6.05. The van der Waals surface area contributed by atoms with Gasteiger partial charge in [-0.1, -0.05) is 39.5 Å². The molecule has 0 bridgehead atoms. The van der Waals surface area contributed by atoms with Gasteiger partial charge in [-0.25, -0.2) is 0 Å². The van der Waals surface area contributed by atoms with Crippen LogP contribution in [0.5, 0.6) is 0 Å². The van der Waals surface area contributed by atoms with E-state index >= 15 is 0 Å². The fourth-order valence-corrected chi connectivity index (χ4v) is 2.01. The number of hydrogen-bond donors (Lipinski definition) is 1. The maximum Gasteiger partial charge on any atom is 0.00390 e. The first kappa shape index (κ1) is 18.8. The predicted molar refractivity (Wildman–Crippen MR) is 81.1 cm³/mol. The van der Waals surface area contributed by atoms with Gasteiger partial charge in [0.15, 0.2) is 0 Å². The molecule has 0 aromatic rings. The van der Waals surface area contributed by atoms with Gasteiger partial charge in [-0.05, 0) is 50.9 Å². The van der Waals surface area contributed by atoms with Gasteiger partial charge in [0.2, 0.25) is 0 Å². The van der Waals surface area contributed by atoms with Crippen molar-refractivity contribution < 1.29 is 0 Å². The van der Waals surface area contributed by atoms with Crippen LogP contribution in [0.3, 0.4) is 0 Å². The molecule has 2 N–H and O–H groups in total. The fraction of sp³-hybridized carbons (Fsp3) is 0.750. The molecule has 0 saturated heterocycles. The topological polar surface area (TPSA) is 26.0 Å². The molecule has 0 aromatic heterocycles. The summed E-state index contributed by atoms with van der Waals surface area (Å²) in [5, 5.41) is 0. The average molecular weight is 239 g/mol. The summed E-state index contributed by atoms with van der Waals surface area (Å²) in [7, 11) is 0. The summed E-state index contributed by atoms with van der Waals surface area (Å²) in [5.41, 5.74) is 6.05. The Labute approximate surface area is 109 Å². The molecule has 0 aliphatic rings. The highest BCUT2D eigenvalue weighted by Crippen LogP contribution is 2.23. The van der Waals surface area contributed by atoms with Crippen LogP contribution in [0.15, 0.2) is 24.8 Å². The molecule has 1 nitrogen and oxygen atoms in total. The molecule has 0 heterocycles. The highest BCUT2D eigenvalue weighted by Gasteiger charge is 2.16. The third kappa shape index (κ3) is 9.17. The highest BCUT2D eigenvalue weighted by atomic mass is 14.6. The minimum Gasteiger partial charge on any atom is -0.328 e. The van der Waals surface area contributed by atoms with Crippen LogP contribution in [0, 0.1) is 11.8 Å². The molecule has 0 fully saturated rings. The third-order valence-electron chi connectivity index (χ3n) is 3.31. The Morgan fingerprint density at radius 1 is 1.24 bits per heavy atom. The first-order valence-electron chi connectivity index (χ1n) is 6.68.